The molecule has 2 heterocycles. The van der Waals surface area contributed by atoms with E-state index in [0.29, 0.717) is 34.5 Å². The zero-order valence-electron chi connectivity index (χ0n) is 18.0. The quantitative estimate of drug-likeness (QED) is 0.447. The summed E-state index contributed by atoms with van der Waals surface area (Å²) in [5.41, 5.74) is 1.32. The van der Waals surface area contributed by atoms with Gasteiger partial charge in [0, 0.05) is 23.5 Å². The summed E-state index contributed by atoms with van der Waals surface area (Å²) in [6.45, 7) is 4.96. The first-order chi connectivity index (χ1) is 15.3. The van der Waals surface area contributed by atoms with Gasteiger partial charge in [0.15, 0.2) is 12.4 Å². The van der Waals surface area contributed by atoms with Crippen molar-refractivity contribution >= 4 is 17.6 Å². The molecule has 3 rings (SSSR count). The van der Waals surface area contributed by atoms with Crippen molar-refractivity contribution in [2.24, 2.45) is 0 Å². The van der Waals surface area contributed by atoms with Crippen LogP contribution in [0, 0.1) is 11.8 Å². The average molecular weight is 433 g/mol. The predicted molar refractivity (Wildman–Crippen MR) is 118 cm³/mol. The molecule has 0 atom stereocenters. The molecule has 0 bridgehead atoms. The Balaban J connectivity index is 1.70. The normalized spacial score (nSPS) is 10.6. The minimum atomic E-state index is -0.568. The monoisotopic (exact) mass is 433 g/mol. The molecule has 3 aromatic rings. The van der Waals surface area contributed by atoms with Crippen LogP contribution in [0.4, 0.5) is 11.6 Å². The number of hydrogen-bond donors (Lipinski definition) is 2. The molecule has 1 aromatic carbocycles. The lowest BCUT2D eigenvalue weighted by Gasteiger charge is -2.19. The molecule has 0 aliphatic carbocycles. The molecule has 0 fully saturated rings. The first kappa shape index (κ1) is 22.7. The van der Waals surface area contributed by atoms with Crippen LogP contribution >= 0.6 is 0 Å². The van der Waals surface area contributed by atoms with Crippen LogP contribution in [0.25, 0.3) is 11.4 Å². The molecule has 164 valence electrons. The molecule has 0 saturated heterocycles. The van der Waals surface area contributed by atoms with Crippen LogP contribution in [0.3, 0.4) is 0 Å². The number of aromatic nitrogens is 4. The van der Waals surface area contributed by atoms with Gasteiger partial charge in [0.25, 0.3) is 0 Å². The van der Waals surface area contributed by atoms with Crippen molar-refractivity contribution in [2.75, 3.05) is 18.5 Å². The van der Waals surface area contributed by atoms with Gasteiger partial charge in [-0.15, -0.1) is 0 Å². The lowest BCUT2D eigenvalue weighted by Crippen LogP contribution is -2.27. The number of pyridine rings is 1. The number of nitrogens with one attached hydrogen (secondary N) is 1. The van der Waals surface area contributed by atoms with E-state index >= 15 is 0 Å². The number of aliphatic hydroxyl groups is 1. The predicted octanol–water partition coefficient (Wildman–Crippen LogP) is 2.74. The number of esters is 1. The molecule has 32 heavy (non-hydrogen) atoms. The average Bonchev–Trinajstić information content (AvgIpc) is 2.76. The summed E-state index contributed by atoms with van der Waals surface area (Å²) in [5, 5.41) is 11.9. The molecular formula is C23H23N5O4. The first-order valence-corrected chi connectivity index (χ1v) is 9.79. The minimum absolute atomic E-state index is 0.194. The van der Waals surface area contributed by atoms with Crippen molar-refractivity contribution in [3.63, 3.8) is 0 Å². The maximum absolute atomic E-state index is 11.8. The van der Waals surface area contributed by atoms with E-state index in [2.05, 4.69) is 37.1 Å². The van der Waals surface area contributed by atoms with Gasteiger partial charge in [-0.2, -0.15) is 4.98 Å². The maximum Gasteiger partial charge on any atom is 0.344 e. The maximum atomic E-state index is 11.8. The highest BCUT2D eigenvalue weighted by molar-refractivity contribution is 5.71. The lowest BCUT2D eigenvalue weighted by atomic mass is 10.2. The van der Waals surface area contributed by atoms with E-state index in [4.69, 9.17) is 14.6 Å². The topological polar surface area (TPSA) is 119 Å². The molecule has 0 radical (unpaired) electrons. The van der Waals surface area contributed by atoms with Gasteiger partial charge < -0.3 is 19.9 Å². The summed E-state index contributed by atoms with van der Waals surface area (Å²) in [6, 6.07) is 10.5. The number of nitrogens with zero attached hydrogens (tertiary/aromatic N) is 4. The number of carbonyl (C=O) groups excluding carboxylic acids is 1. The number of benzene rings is 1. The first-order valence-electron chi connectivity index (χ1n) is 9.79. The van der Waals surface area contributed by atoms with Crippen LogP contribution in [0.5, 0.6) is 5.75 Å². The molecule has 0 amide bonds. The molecule has 2 N–H and O–H groups in total. The fraction of sp³-hybridized carbons (Fsp3) is 0.261. The van der Waals surface area contributed by atoms with Gasteiger partial charge in [0.1, 0.15) is 30.0 Å². The largest absolute Gasteiger partial charge is 0.482 e. The van der Waals surface area contributed by atoms with Crippen molar-refractivity contribution in [3.8, 4) is 29.0 Å². The lowest BCUT2D eigenvalue weighted by molar-refractivity contribution is -0.157. The smallest absolute Gasteiger partial charge is 0.344 e. The minimum Gasteiger partial charge on any atom is -0.482 e. The second-order valence-corrected chi connectivity index (χ2v) is 7.55. The van der Waals surface area contributed by atoms with Gasteiger partial charge in [0.05, 0.1) is 0 Å². The molecule has 9 nitrogen and oxygen atoms in total. The Hall–Kier alpha value is -4.03. The Morgan fingerprint density at radius 3 is 2.78 bits per heavy atom. The molecule has 0 saturated carbocycles. The van der Waals surface area contributed by atoms with Crippen molar-refractivity contribution < 1.29 is 19.4 Å². The van der Waals surface area contributed by atoms with Gasteiger partial charge >= 0.3 is 5.97 Å². The SMILES string of the molecule is CC(C)(C)OC(=O)COc1cccc(Nc2ncnc(-c3ccnc(C#CCO)c3)n2)c1. The van der Waals surface area contributed by atoms with Crippen molar-refractivity contribution in [1.82, 2.24) is 19.9 Å². The Bertz CT molecular complexity index is 1150. The number of ether oxygens (including phenoxy) is 2. The van der Waals surface area contributed by atoms with Crippen LogP contribution in [-0.2, 0) is 9.53 Å². The molecule has 9 heteroatoms. The van der Waals surface area contributed by atoms with Gasteiger partial charge in [0.2, 0.25) is 5.95 Å². The van der Waals surface area contributed by atoms with Crippen LogP contribution in [0.15, 0.2) is 48.9 Å². The fourth-order valence-corrected chi connectivity index (χ4v) is 2.57. The van der Waals surface area contributed by atoms with Crippen LogP contribution in [0.2, 0.25) is 0 Å². The Labute approximate surface area is 185 Å². The fourth-order valence-electron chi connectivity index (χ4n) is 2.57. The number of carbonyl (C=O) groups is 1. The summed E-state index contributed by atoms with van der Waals surface area (Å²) < 4.78 is 10.8. The summed E-state index contributed by atoms with van der Waals surface area (Å²) in [6.07, 6.45) is 2.99. The van der Waals surface area contributed by atoms with E-state index in [-0.39, 0.29) is 13.2 Å². The molecule has 2 aromatic heterocycles. The van der Waals surface area contributed by atoms with Crippen LogP contribution in [0.1, 0.15) is 26.5 Å². The number of aliphatic hydroxyl groups excluding tert-OH is 1. The van der Waals surface area contributed by atoms with Crippen molar-refractivity contribution in [2.45, 2.75) is 26.4 Å². The zero-order valence-corrected chi connectivity index (χ0v) is 18.0. The van der Waals surface area contributed by atoms with Crippen LogP contribution in [-0.4, -0.2) is 49.8 Å². The van der Waals surface area contributed by atoms with Crippen LogP contribution < -0.4 is 10.1 Å². The third-order valence-corrected chi connectivity index (χ3v) is 3.75. The van der Waals surface area contributed by atoms with Gasteiger partial charge in [-0.3, -0.25) is 0 Å². The van der Waals surface area contributed by atoms with E-state index in [9.17, 15) is 4.79 Å². The molecule has 0 unspecified atom stereocenters. The Morgan fingerprint density at radius 2 is 2.00 bits per heavy atom. The second-order valence-electron chi connectivity index (χ2n) is 7.55. The van der Waals surface area contributed by atoms with E-state index < -0.39 is 11.6 Å². The molecule has 0 aliphatic rings. The summed E-state index contributed by atoms with van der Waals surface area (Å²) in [5.74, 6) is 6.13. The molecule has 0 aliphatic heterocycles. The number of hydrogen-bond acceptors (Lipinski definition) is 9. The number of rotatable bonds is 6. The third-order valence-electron chi connectivity index (χ3n) is 3.75. The van der Waals surface area contributed by atoms with Gasteiger partial charge in [-0.25, -0.2) is 19.7 Å². The highest BCUT2D eigenvalue weighted by atomic mass is 16.6. The molecule has 0 spiro atoms. The Morgan fingerprint density at radius 1 is 1.16 bits per heavy atom. The van der Waals surface area contributed by atoms with E-state index in [1.807, 2.05) is 6.07 Å². The summed E-state index contributed by atoms with van der Waals surface area (Å²) in [7, 11) is 0. The highest BCUT2D eigenvalue weighted by Gasteiger charge is 2.16. The van der Waals surface area contributed by atoms with Gasteiger partial charge in [-0.05, 0) is 51.0 Å². The van der Waals surface area contributed by atoms with Crippen molar-refractivity contribution in [3.05, 3.63) is 54.6 Å². The second kappa shape index (κ2) is 10.3. The Kier molecular flexibility index (Phi) is 7.31. The van der Waals surface area contributed by atoms with Crippen molar-refractivity contribution in [1.29, 1.82) is 0 Å². The summed E-state index contributed by atoms with van der Waals surface area (Å²) in [4.78, 5) is 28.8. The third kappa shape index (κ3) is 7.04. The van der Waals surface area contributed by atoms with E-state index in [1.54, 1.807) is 57.3 Å². The molecular weight excluding hydrogens is 410 g/mol. The highest BCUT2D eigenvalue weighted by Crippen LogP contribution is 2.21. The van der Waals surface area contributed by atoms with E-state index in [0.717, 1.165) is 0 Å². The number of anilines is 2. The standard InChI is InChI=1S/C23H23N5O4/c1-23(2,3)32-20(30)14-31-19-8-4-6-18(13-19)27-22-26-15-25-21(28-22)16-9-10-24-17(12-16)7-5-11-29/h4,6,8-10,12-13,15,29H,11,14H2,1-3H3,(H,25,26,27,28). The van der Waals surface area contributed by atoms with Gasteiger partial charge in [-0.1, -0.05) is 12.0 Å². The van der Waals surface area contributed by atoms with E-state index in [1.165, 1.54) is 6.33 Å². The summed E-state index contributed by atoms with van der Waals surface area (Å²) >= 11 is 0. The zero-order chi connectivity index (χ0) is 23.0.